The largest absolute Gasteiger partial charge is 0.370 e. The van der Waals surface area contributed by atoms with E-state index < -0.39 is 0 Å². The Morgan fingerprint density at radius 2 is 2.47 bits per heavy atom. The highest BCUT2D eigenvalue weighted by molar-refractivity contribution is 5.75. The number of nitrogens with one attached hydrogen (secondary N) is 3. The molecule has 0 saturated carbocycles. The van der Waals surface area contributed by atoms with Gasteiger partial charge in [-0.3, -0.25) is 4.79 Å². The zero-order valence-corrected chi connectivity index (χ0v) is 11.5. The molecule has 1 aromatic heterocycles. The third-order valence-electron chi connectivity index (χ3n) is 3.25. The smallest absolute Gasteiger partial charge is 0.221 e. The fraction of sp³-hybridized carbons (Fsp3) is 0.692. The van der Waals surface area contributed by atoms with Crippen LogP contribution >= 0.6 is 0 Å². The molecule has 0 fully saturated rings. The SMILES string of the molecule is CCCNC(=O)CCNCC1CNc2ccnn2C1. The van der Waals surface area contributed by atoms with Crippen LogP contribution in [-0.2, 0) is 11.3 Å². The number of hydrogen-bond acceptors (Lipinski definition) is 4. The predicted octanol–water partition coefficient (Wildman–Crippen LogP) is 0.431. The molecular weight excluding hydrogens is 242 g/mol. The van der Waals surface area contributed by atoms with Gasteiger partial charge in [-0.25, -0.2) is 4.68 Å². The molecular formula is C13H23N5O. The van der Waals surface area contributed by atoms with Crippen molar-refractivity contribution in [2.75, 3.05) is 31.5 Å². The van der Waals surface area contributed by atoms with E-state index in [0.29, 0.717) is 12.3 Å². The molecule has 0 saturated heterocycles. The number of fused-ring (bicyclic) bond motifs is 1. The van der Waals surface area contributed by atoms with Crippen molar-refractivity contribution >= 4 is 11.7 Å². The molecule has 0 aromatic carbocycles. The van der Waals surface area contributed by atoms with Crippen molar-refractivity contribution in [3.63, 3.8) is 0 Å². The summed E-state index contributed by atoms with van der Waals surface area (Å²) in [4.78, 5) is 11.4. The molecule has 2 heterocycles. The van der Waals surface area contributed by atoms with Crippen molar-refractivity contribution < 1.29 is 4.79 Å². The first-order valence-corrected chi connectivity index (χ1v) is 7.02. The lowest BCUT2D eigenvalue weighted by atomic mass is 10.1. The van der Waals surface area contributed by atoms with Crippen LogP contribution in [0.25, 0.3) is 0 Å². The van der Waals surface area contributed by atoms with Crippen LogP contribution in [0.5, 0.6) is 0 Å². The van der Waals surface area contributed by atoms with E-state index in [4.69, 9.17) is 0 Å². The van der Waals surface area contributed by atoms with Gasteiger partial charge in [0.2, 0.25) is 5.91 Å². The van der Waals surface area contributed by atoms with Crippen LogP contribution in [0.4, 0.5) is 5.82 Å². The molecule has 0 bridgehead atoms. The maximum Gasteiger partial charge on any atom is 0.221 e. The molecule has 106 valence electrons. The van der Waals surface area contributed by atoms with E-state index in [9.17, 15) is 4.79 Å². The lowest BCUT2D eigenvalue weighted by Crippen LogP contribution is -2.36. The fourth-order valence-corrected chi connectivity index (χ4v) is 2.18. The highest BCUT2D eigenvalue weighted by Gasteiger charge is 2.17. The summed E-state index contributed by atoms with van der Waals surface area (Å²) in [6, 6.07) is 1.99. The number of amides is 1. The summed E-state index contributed by atoms with van der Waals surface area (Å²) in [6.07, 6.45) is 3.35. The van der Waals surface area contributed by atoms with Gasteiger partial charge in [-0.15, -0.1) is 0 Å². The van der Waals surface area contributed by atoms with Gasteiger partial charge in [-0.1, -0.05) is 6.92 Å². The van der Waals surface area contributed by atoms with Crippen LogP contribution in [0.3, 0.4) is 0 Å². The van der Waals surface area contributed by atoms with Crippen LogP contribution in [0.15, 0.2) is 12.3 Å². The van der Waals surface area contributed by atoms with Gasteiger partial charge >= 0.3 is 0 Å². The second-order valence-electron chi connectivity index (χ2n) is 4.95. The van der Waals surface area contributed by atoms with Crippen LogP contribution in [0.2, 0.25) is 0 Å². The molecule has 0 aliphatic carbocycles. The maximum absolute atomic E-state index is 11.4. The first kappa shape index (κ1) is 13.9. The first-order chi connectivity index (χ1) is 9.29. The van der Waals surface area contributed by atoms with E-state index in [-0.39, 0.29) is 5.91 Å². The Bertz CT molecular complexity index is 403. The van der Waals surface area contributed by atoms with Crippen LogP contribution < -0.4 is 16.0 Å². The molecule has 1 amide bonds. The monoisotopic (exact) mass is 265 g/mol. The molecule has 1 aliphatic rings. The van der Waals surface area contributed by atoms with E-state index in [2.05, 4.69) is 28.0 Å². The number of hydrogen-bond donors (Lipinski definition) is 3. The number of rotatable bonds is 7. The van der Waals surface area contributed by atoms with E-state index in [1.165, 1.54) is 0 Å². The average molecular weight is 265 g/mol. The van der Waals surface area contributed by atoms with Gasteiger partial charge < -0.3 is 16.0 Å². The Morgan fingerprint density at radius 3 is 3.32 bits per heavy atom. The number of carbonyl (C=O) groups excluding carboxylic acids is 1. The Labute approximate surface area is 113 Å². The molecule has 6 heteroatoms. The lowest BCUT2D eigenvalue weighted by molar-refractivity contribution is -0.120. The summed E-state index contributed by atoms with van der Waals surface area (Å²) >= 11 is 0. The molecule has 3 N–H and O–H groups in total. The van der Waals surface area contributed by atoms with E-state index in [1.54, 1.807) is 0 Å². The van der Waals surface area contributed by atoms with Crippen LogP contribution in [-0.4, -0.2) is 41.9 Å². The third-order valence-corrected chi connectivity index (χ3v) is 3.25. The summed E-state index contributed by atoms with van der Waals surface area (Å²) in [5, 5.41) is 13.8. The first-order valence-electron chi connectivity index (χ1n) is 7.02. The highest BCUT2D eigenvalue weighted by Crippen LogP contribution is 2.15. The Hall–Kier alpha value is -1.56. The summed E-state index contributed by atoms with van der Waals surface area (Å²) in [5.74, 6) is 1.74. The van der Waals surface area contributed by atoms with Crippen LogP contribution in [0, 0.1) is 5.92 Å². The lowest BCUT2D eigenvalue weighted by Gasteiger charge is -2.25. The minimum atomic E-state index is 0.130. The van der Waals surface area contributed by atoms with Gasteiger partial charge in [0.15, 0.2) is 0 Å². The Balaban J connectivity index is 1.58. The van der Waals surface area contributed by atoms with Crippen LogP contribution in [0.1, 0.15) is 19.8 Å². The standard InChI is InChI=1S/C13H23N5O/c1-2-5-15-13(19)4-6-14-8-11-9-16-12-3-7-17-18(12)10-11/h3,7,11,14,16H,2,4-6,8-10H2,1H3,(H,15,19). The zero-order chi connectivity index (χ0) is 13.5. The highest BCUT2D eigenvalue weighted by atomic mass is 16.1. The summed E-state index contributed by atoms with van der Waals surface area (Å²) in [5.41, 5.74) is 0. The molecule has 6 nitrogen and oxygen atoms in total. The van der Waals surface area contributed by atoms with E-state index in [1.807, 2.05) is 16.9 Å². The Morgan fingerprint density at radius 1 is 1.58 bits per heavy atom. The van der Waals surface area contributed by atoms with Gasteiger partial charge in [0, 0.05) is 51.1 Å². The molecule has 0 spiro atoms. The van der Waals surface area contributed by atoms with Crippen molar-refractivity contribution in [3.8, 4) is 0 Å². The van der Waals surface area contributed by atoms with E-state index in [0.717, 1.165) is 45.0 Å². The summed E-state index contributed by atoms with van der Waals surface area (Å²) in [7, 11) is 0. The average Bonchev–Trinajstić information content (AvgIpc) is 2.88. The normalized spacial score (nSPS) is 17.6. The molecule has 1 unspecified atom stereocenters. The summed E-state index contributed by atoms with van der Waals surface area (Å²) < 4.78 is 1.99. The van der Waals surface area contributed by atoms with Gasteiger partial charge in [-0.2, -0.15) is 5.10 Å². The van der Waals surface area contributed by atoms with E-state index >= 15 is 0 Å². The van der Waals surface area contributed by atoms with Crippen molar-refractivity contribution in [1.82, 2.24) is 20.4 Å². The second-order valence-corrected chi connectivity index (χ2v) is 4.95. The maximum atomic E-state index is 11.4. The zero-order valence-electron chi connectivity index (χ0n) is 11.5. The quantitative estimate of drug-likeness (QED) is 0.625. The third kappa shape index (κ3) is 4.24. The number of aromatic nitrogens is 2. The minimum absolute atomic E-state index is 0.130. The van der Waals surface area contributed by atoms with Gasteiger partial charge in [0.05, 0.1) is 6.20 Å². The van der Waals surface area contributed by atoms with Crippen molar-refractivity contribution in [3.05, 3.63) is 12.3 Å². The number of nitrogens with zero attached hydrogens (tertiary/aromatic N) is 2. The summed E-state index contributed by atoms with van der Waals surface area (Å²) in [6.45, 7) is 6.36. The number of anilines is 1. The van der Waals surface area contributed by atoms with Gasteiger partial charge in [0.1, 0.15) is 5.82 Å². The predicted molar refractivity (Wildman–Crippen MR) is 75.0 cm³/mol. The van der Waals surface area contributed by atoms with Crippen molar-refractivity contribution in [2.45, 2.75) is 26.3 Å². The number of carbonyl (C=O) groups is 1. The fourth-order valence-electron chi connectivity index (χ4n) is 2.18. The molecule has 0 radical (unpaired) electrons. The van der Waals surface area contributed by atoms with Gasteiger partial charge in [-0.05, 0) is 6.42 Å². The Kier molecular flexibility index (Phi) is 5.20. The minimum Gasteiger partial charge on any atom is -0.370 e. The molecule has 1 atom stereocenters. The second kappa shape index (κ2) is 7.13. The molecule has 19 heavy (non-hydrogen) atoms. The van der Waals surface area contributed by atoms with Crippen molar-refractivity contribution in [1.29, 1.82) is 0 Å². The topological polar surface area (TPSA) is 71.0 Å². The van der Waals surface area contributed by atoms with Crippen molar-refractivity contribution in [2.24, 2.45) is 5.92 Å². The molecule has 2 rings (SSSR count). The molecule has 1 aromatic rings. The molecule has 1 aliphatic heterocycles. The van der Waals surface area contributed by atoms with Gasteiger partial charge in [0.25, 0.3) is 0 Å².